The lowest BCUT2D eigenvalue weighted by Gasteiger charge is -2.47. The molecule has 2 rings (SSSR count). The summed E-state index contributed by atoms with van der Waals surface area (Å²) in [4.78, 5) is 0. The first-order valence-corrected chi connectivity index (χ1v) is 7.04. The first kappa shape index (κ1) is 18.9. The molecule has 0 radical (unpaired) electrons. The van der Waals surface area contributed by atoms with Crippen LogP contribution in [0, 0.1) is 0 Å². The first-order valence-electron chi connectivity index (χ1n) is 7.04. The van der Waals surface area contributed by atoms with E-state index in [2.05, 4.69) is 0 Å². The summed E-state index contributed by atoms with van der Waals surface area (Å²) in [5.41, 5.74) is 0. The summed E-state index contributed by atoms with van der Waals surface area (Å²) >= 11 is 0. The van der Waals surface area contributed by atoms with Crippen molar-refractivity contribution in [3.8, 4) is 0 Å². The van der Waals surface area contributed by atoms with Crippen LogP contribution in [0.25, 0.3) is 0 Å². The van der Waals surface area contributed by atoms with Gasteiger partial charge in [0, 0.05) is 0 Å². The van der Waals surface area contributed by atoms with Gasteiger partial charge in [-0.25, -0.2) is 0 Å². The quantitative estimate of drug-likeness (QED) is 0.243. The van der Waals surface area contributed by atoms with Crippen LogP contribution >= 0.6 is 0 Å². The van der Waals surface area contributed by atoms with Crippen molar-refractivity contribution < 1.29 is 55.1 Å². The van der Waals surface area contributed by atoms with Crippen molar-refractivity contribution in [2.45, 2.75) is 54.8 Å². The van der Waals surface area contributed by atoms with Gasteiger partial charge in [-0.2, -0.15) is 0 Å². The molecule has 11 nitrogen and oxygen atoms in total. The highest BCUT2D eigenvalue weighted by atomic mass is 16.7. The minimum atomic E-state index is -2.38. The Morgan fingerprint density at radius 1 is 0.957 bits per heavy atom. The maximum Gasteiger partial charge on any atom is 0.219 e. The molecular formula is C12H22O11. The van der Waals surface area contributed by atoms with E-state index >= 15 is 0 Å². The lowest BCUT2D eigenvalue weighted by molar-refractivity contribution is -0.387. The van der Waals surface area contributed by atoms with Crippen LogP contribution in [0.1, 0.15) is 0 Å². The molecule has 8 N–H and O–H groups in total. The Kier molecular flexibility index (Phi) is 5.92. The molecule has 0 bridgehead atoms. The molecule has 2 fully saturated rings. The summed E-state index contributed by atoms with van der Waals surface area (Å²) < 4.78 is 15.1. The van der Waals surface area contributed by atoms with Gasteiger partial charge in [0.15, 0.2) is 6.29 Å². The zero-order valence-corrected chi connectivity index (χ0v) is 12.0. The molecule has 1 unspecified atom stereocenters. The maximum absolute atomic E-state index is 10.1. The normalized spacial score (nSPS) is 51.7. The maximum atomic E-state index is 10.1. The van der Waals surface area contributed by atoms with Gasteiger partial charge in [0.25, 0.3) is 0 Å². The van der Waals surface area contributed by atoms with Gasteiger partial charge < -0.3 is 55.1 Å². The van der Waals surface area contributed by atoms with Crippen molar-refractivity contribution in [2.75, 3.05) is 19.8 Å². The number of aliphatic hydroxyl groups excluding tert-OH is 7. The lowest BCUT2D eigenvalue weighted by atomic mass is 9.96. The van der Waals surface area contributed by atoms with Gasteiger partial charge in [0.1, 0.15) is 42.7 Å². The van der Waals surface area contributed by atoms with Crippen molar-refractivity contribution in [1.29, 1.82) is 0 Å². The van der Waals surface area contributed by atoms with Gasteiger partial charge in [-0.15, -0.1) is 0 Å². The molecule has 0 saturated carbocycles. The predicted molar refractivity (Wildman–Crippen MR) is 68.6 cm³/mol. The minimum absolute atomic E-state index is 0.466. The monoisotopic (exact) mass is 342 g/mol. The summed E-state index contributed by atoms with van der Waals surface area (Å²) in [6.07, 6.45) is -12.9. The van der Waals surface area contributed by atoms with Gasteiger partial charge in [0.2, 0.25) is 5.79 Å². The van der Waals surface area contributed by atoms with Crippen LogP contribution in [0.3, 0.4) is 0 Å². The highest BCUT2D eigenvalue weighted by Crippen LogP contribution is 2.30. The fraction of sp³-hybridized carbons (Fsp3) is 1.00. The zero-order chi connectivity index (χ0) is 17.4. The van der Waals surface area contributed by atoms with Gasteiger partial charge in [-0.1, -0.05) is 0 Å². The number of aliphatic hydroxyl groups is 8. The number of rotatable bonds is 4. The largest absolute Gasteiger partial charge is 0.394 e. The van der Waals surface area contributed by atoms with Crippen LogP contribution in [0.15, 0.2) is 0 Å². The molecular weight excluding hydrogens is 320 g/mol. The molecule has 2 heterocycles. The molecule has 2 saturated heterocycles. The van der Waals surface area contributed by atoms with Gasteiger partial charge in [-0.05, 0) is 0 Å². The van der Waals surface area contributed by atoms with Crippen LogP contribution in [-0.2, 0) is 14.2 Å². The minimum Gasteiger partial charge on any atom is -0.394 e. The molecule has 0 aromatic carbocycles. The van der Waals surface area contributed by atoms with Crippen LogP contribution < -0.4 is 0 Å². The summed E-state index contributed by atoms with van der Waals surface area (Å²) in [6, 6.07) is 0. The average molecular weight is 342 g/mol. The van der Waals surface area contributed by atoms with Gasteiger partial charge >= 0.3 is 0 Å². The summed E-state index contributed by atoms with van der Waals surface area (Å²) in [5, 5.41) is 77.2. The molecule has 0 aromatic rings. The summed E-state index contributed by atoms with van der Waals surface area (Å²) in [6.45, 7) is -2.15. The highest BCUT2D eigenvalue weighted by Gasteiger charge is 2.53. The Hall–Kier alpha value is -0.440. The van der Waals surface area contributed by atoms with E-state index < -0.39 is 74.6 Å². The van der Waals surface area contributed by atoms with Crippen LogP contribution in [0.2, 0.25) is 0 Å². The summed E-state index contributed by atoms with van der Waals surface area (Å²) in [5.74, 6) is -2.38. The third-order valence-corrected chi connectivity index (χ3v) is 4.01. The molecule has 2 aliphatic heterocycles. The molecule has 11 heteroatoms. The zero-order valence-electron chi connectivity index (χ0n) is 12.0. The molecule has 136 valence electrons. The predicted octanol–water partition coefficient (Wildman–Crippen LogP) is -5.40. The second kappa shape index (κ2) is 7.21. The third-order valence-electron chi connectivity index (χ3n) is 4.01. The second-order valence-electron chi connectivity index (χ2n) is 5.63. The number of hydrogen-bond donors (Lipinski definition) is 8. The van der Waals surface area contributed by atoms with Crippen molar-refractivity contribution in [2.24, 2.45) is 0 Å². The van der Waals surface area contributed by atoms with E-state index in [0.29, 0.717) is 0 Å². The van der Waals surface area contributed by atoms with Crippen LogP contribution in [0.4, 0.5) is 0 Å². The molecule has 0 aliphatic carbocycles. The number of hydrogen-bond acceptors (Lipinski definition) is 11. The second-order valence-corrected chi connectivity index (χ2v) is 5.63. The van der Waals surface area contributed by atoms with E-state index in [4.69, 9.17) is 19.3 Å². The topological polar surface area (TPSA) is 190 Å². The van der Waals surface area contributed by atoms with E-state index in [1.165, 1.54) is 0 Å². The van der Waals surface area contributed by atoms with E-state index in [-0.39, 0.29) is 0 Å². The average Bonchev–Trinajstić information content (AvgIpc) is 2.55. The Labute approximate surface area is 130 Å². The molecule has 2 aliphatic rings. The molecule has 0 aromatic heterocycles. The molecule has 9 atom stereocenters. The fourth-order valence-corrected chi connectivity index (χ4v) is 2.53. The van der Waals surface area contributed by atoms with Crippen molar-refractivity contribution in [3.63, 3.8) is 0 Å². The highest BCUT2D eigenvalue weighted by molar-refractivity contribution is 4.95. The standard InChI is InChI=1S/C12H22O11/c13-1-5-7(17)8(18)9(19)11(22-5)23-10-6(16)4(15)2-21-12(10,20)3-14/h4-11,13-20H,1-3H2/t4-,5-,6+,7-,8-,9-,10+,11-,12?/m1/s1. The van der Waals surface area contributed by atoms with E-state index in [9.17, 15) is 35.7 Å². The van der Waals surface area contributed by atoms with Gasteiger partial charge in [0.05, 0.1) is 19.8 Å². The molecule has 0 amide bonds. The Morgan fingerprint density at radius 3 is 2.17 bits per heavy atom. The Bertz CT molecular complexity index is 393. The molecule has 23 heavy (non-hydrogen) atoms. The van der Waals surface area contributed by atoms with Gasteiger partial charge in [-0.3, -0.25) is 0 Å². The summed E-state index contributed by atoms with van der Waals surface area (Å²) in [7, 11) is 0. The lowest BCUT2D eigenvalue weighted by Crippen LogP contribution is -2.67. The first-order chi connectivity index (χ1) is 10.7. The van der Waals surface area contributed by atoms with Crippen LogP contribution in [0.5, 0.6) is 0 Å². The van der Waals surface area contributed by atoms with E-state index in [0.717, 1.165) is 0 Å². The van der Waals surface area contributed by atoms with E-state index in [1.54, 1.807) is 0 Å². The van der Waals surface area contributed by atoms with Crippen molar-refractivity contribution >= 4 is 0 Å². The smallest absolute Gasteiger partial charge is 0.219 e. The third kappa shape index (κ3) is 3.50. The SMILES string of the molecule is OC[C@H]1O[C@H](O[C@H]2[C@@H](O)[C@H](O)COC2(O)CO)[C@H](O)[C@H](O)[C@@H]1O. The molecule has 0 spiro atoms. The van der Waals surface area contributed by atoms with Crippen molar-refractivity contribution in [3.05, 3.63) is 0 Å². The Balaban J connectivity index is 2.17. The number of ether oxygens (including phenoxy) is 3. The Morgan fingerprint density at radius 2 is 1.61 bits per heavy atom. The fourth-order valence-electron chi connectivity index (χ4n) is 2.53. The van der Waals surface area contributed by atoms with E-state index in [1.807, 2.05) is 0 Å². The van der Waals surface area contributed by atoms with Crippen molar-refractivity contribution in [1.82, 2.24) is 0 Å². The van der Waals surface area contributed by atoms with Crippen LogP contribution in [-0.4, -0.2) is 115 Å².